The van der Waals surface area contributed by atoms with E-state index in [1.807, 2.05) is 60.7 Å². The van der Waals surface area contributed by atoms with E-state index in [-0.39, 0.29) is 30.1 Å². The summed E-state index contributed by atoms with van der Waals surface area (Å²) in [4.78, 5) is 29.5. The first-order valence-electron chi connectivity index (χ1n) is 9.95. The van der Waals surface area contributed by atoms with Gasteiger partial charge < -0.3 is 5.32 Å². The number of benzene rings is 2. The summed E-state index contributed by atoms with van der Waals surface area (Å²) in [7, 11) is -1.30. The molecule has 2 fully saturated rings. The van der Waals surface area contributed by atoms with Gasteiger partial charge in [0.15, 0.2) is 15.4 Å². The highest BCUT2D eigenvalue weighted by Crippen LogP contribution is 2.33. The van der Waals surface area contributed by atoms with Crippen LogP contribution in [0.3, 0.4) is 0 Å². The summed E-state index contributed by atoms with van der Waals surface area (Å²) in [5, 5.41) is 2.94. The SMILES string of the molecule is CN(CN1C(=O)NC(Cc2ccccc2)(c2ccccc2)C1=O)C1CCS(=O)(=O)C1. The molecule has 2 heterocycles. The fourth-order valence-corrected chi connectivity index (χ4v) is 6.06. The molecule has 30 heavy (non-hydrogen) atoms. The second kappa shape index (κ2) is 7.85. The second-order valence-corrected chi connectivity index (χ2v) is 10.3. The molecule has 2 atom stereocenters. The summed E-state index contributed by atoms with van der Waals surface area (Å²) in [6, 6.07) is 18.2. The summed E-state index contributed by atoms with van der Waals surface area (Å²) < 4.78 is 23.6. The Morgan fingerprint density at radius 1 is 1.07 bits per heavy atom. The Kier molecular flexibility index (Phi) is 5.38. The summed E-state index contributed by atoms with van der Waals surface area (Å²) in [6.07, 6.45) is 0.844. The lowest BCUT2D eigenvalue weighted by molar-refractivity contribution is -0.133. The van der Waals surface area contributed by atoms with E-state index in [0.29, 0.717) is 12.8 Å². The fourth-order valence-electron chi connectivity index (χ4n) is 4.26. The van der Waals surface area contributed by atoms with E-state index in [2.05, 4.69) is 5.32 Å². The van der Waals surface area contributed by atoms with Crippen molar-refractivity contribution in [3.8, 4) is 0 Å². The average molecular weight is 428 g/mol. The molecule has 0 spiro atoms. The number of amides is 3. The van der Waals surface area contributed by atoms with Gasteiger partial charge >= 0.3 is 6.03 Å². The standard InChI is InChI=1S/C22H25N3O4S/c1-24(19-12-13-30(28,29)15-19)16-25-20(26)22(23-21(25)27,18-10-6-3-7-11-18)14-17-8-4-2-5-9-17/h2-11,19H,12-16H2,1H3,(H,23,27). The summed E-state index contributed by atoms with van der Waals surface area (Å²) in [6.45, 7) is 0.0498. The number of hydrogen-bond donors (Lipinski definition) is 1. The Hall–Kier alpha value is -2.71. The predicted molar refractivity (Wildman–Crippen MR) is 113 cm³/mol. The highest BCUT2D eigenvalue weighted by Gasteiger charge is 2.52. The van der Waals surface area contributed by atoms with Gasteiger partial charge in [0.25, 0.3) is 5.91 Å². The number of nitrogens with one attached hydrogen (secondary N) is 1. The zero-order valence-electron chi connectivity index (χ0n) is 16.8. The number of imide groups is 1. The third-order valence-corrected chi connectivity index (χ3v) is 7.70. The number of urea groups is 1. The highest BCUT2D eigenvalue weighted by atomic mass is 32.2. The van der Waals surface area contributed by atoms with Gasteiger partial charge in [0, 0.05) is 12.5 Å². The maximum Gasteiger partial charge on any atom is 0.326 e. The van der Waals surface area contributed by atoms with Crippen molar-refractivity contribution in [2.45, 2.75) is 24.4 Å². The highest BCUT2D eigenvalue weighted by molar-refractivity contribution is 7.91. The third kappa shape index (κ3) is 3.85. The van der Waals surface area contributed by atoms with Crippen LogP contribution in [0.5, 0.6) is 0 Å². The van der Waals surface area contributed by atoms with Crippen molar-refractivity contribution in [3.63, 3.8) is 0 Å². The summed E-state index contributed by atoms with van der Waals surface area (Å²) >= 11 is 0. The van der Waals surface area contributed by atoms with Crippen molar-refractivity contribution >= 4 is 21.8 Å². The summed E-state index contributed by atoms with van der Waals surface area (Å²) in [5.41, 5.74) is 0.468. The molecule has 2 aromatic rings. The minimum absolute atomic E-state index is 0.0498. The van der Waals surface area contributed by atoms with Gasteiger partial charge in [0.2, 0.25) is 0 Å². The van der Waals surface area contributed by atoms with Gasteiger partial charge in [-0.2, -0.15) is 0 Å². The number of rotatable bonds is 6. The first kappa shape index (κ1) is 20.6. The van der Waals surface area contributed by atoms with Crippen LogP contribution in [-0.2, 0) is 26.6 Å². The van der Waals surface area contributed by atoms with Crippen LogP contribution < -0.4 is 5.32 Å². The van der Waals surface area contributed by atoms with Crippen LogP contribution in [0.1, 0.15) is 17.5 Å². The van der Waals surface area contributed by atoms with E-state index in [9.17, 15) is 18.0 Å². The third-order valence-electron chi connectivity index (χ3n) is 5.95. The molecule has 3 amide bonds. The van der Waals surface area contributed by atoms with Gasteiger partial charge in [0.1, 0.15) is 0 Å². The molecular formula is C22H25N3O4S. The predicted octanol–water partition coefficient (Wildman–Crippen LogP) is 1.75. The molecule has 8 heteroatoms. The van der Waals surface area contributed by atoms with Crippen molar-refractivity contribution < 1.29 is 18.0 Å². The molecule has 2 aromatic carbocycles. The summed E-state index contributed by atoms with van der Waals surface area (Å²) in [5.74, 6) is -0.124. The largest absolute Gasteiger partial charge is 0.326 e. The molecule has 2 aliphatic heterocycles. The quantitative estimate of drug-likeness (QED) is 0.710. The molecule has 2 saturated heterocycles. The van der Waals surface area contributed by atoms with Crippen molar-refractivity contribution in [3.05, 3.63) is 71.8 Å². The van der Waals surface area contributed by atoms with Gasteiger partial charge in [-0.3, -0.25) is 9.69 Å². The monoisotopic (exact) mass is 427 g/mol. The molecule has 1 N–H and O–H groups in total. The average Bonchev–Trinajstić information content (AvgIpc) is 3.22. The van der Waals surface area contributed by atoms with Crippen LogP contribution >= 0.6 is 0 Å². The fraction of sp³-hybridized carbons (Fsp3) is 0.364. The van der Waals surface area contributed by atoms with Crippen molar-refractivity contribution in [2.24, 2.45) is 0 Å². The Balaban J connectivity index is 1.62. The maximum absolute atomic E-state index is 13.6. The van der Waals surface area contributed by atoms with E-state index in [0.717, 1.165) is 11.1 Å². The van der Waals surface area contributed by atoms with Crippen LogP contribution in [-0.4, -0.2) is 61.4 Å². The van der Waals surface area contributed by atoms with Crippen LogP contribution in [0.2, 0.25) is 0 Å². The zero-order valence-corrected chi connectivity index (χ0v) is 17.6. The smallest absolute Gasteiger partial charge is 0.319 e. The molecule has 2 unspecified atom stereocenters. The Bertz CT molecular complexity index is 1040. The van der Waals surface area contributed by atoms with Crippen molar-refractivity contribution in [1.29, 1.82) is 0 Å². The van der Waals surface area contributed by atoms with E-state index in [4.69, 9.17) is 0 Å². The zero-order chi connectivity index (χ0) is 21.4. The molecule has 7 nitrogen and oxygen atoms in total. The van der Waals surface area contributed by atoms with Crippen LogP contribution in [0.4, 0.5) is 4.79 Å². The molecule has 4 rings (SSSR count). The minimum atomic E-state index is -3.05. The van der Waals surface area contributed by atoms with E-state index in [1.165, 1.54) is 4.90 Å². The number of sulfone groups is 1. The molecular weight excluding hydrogens is 402 g/mol. The topological polar surface area (TPSA) is 86.8 Å². The molecule has 0 bridgehead atoms. The van der Waals surface area contributed by atoms with Crippen LogP contribution in [0.25, 0.3) is 0 Å². The van der Waals surface area contributed by atoms with E-state index in [1.54, 1.807) is 11.9 Å². The van der Waals surface area contributed by atoms with Crippen molar-refractivity contribution in [1.82, 2.24) is 15.1 Å². The van der Waals surface area contributed by atoms with Crippen LogP contribution in [0.15, 0.2) is 60.7 Å². The molecule has 0 saturated carbocycles. The van der Waals surface area contributed by atoms with E-state index >= 15 is 0 Å². The molecule has 0 aliphatic carbocycles. The number of carbonyl (C=O) groups is 2. The minimum Gasteiger partial charge on any atom is -0.319 e. The lowest BCUT2D eigenvalue weighted by Crippen LogP contribution is -2.48. The molecule has 0 radical (unpaired) electrons. The lowest BCUT2D eigenvalue weighted by Gasteiger charge is -2.29. The van der Waals surface area contributed by atoms with Crippen molar-refractivity contribution in [2.75, 3.05) is 25.2 Å². The number of carbonyl (C=O) groups excluding carboxylic acids is 2. The number of nitrogens with zero attached hydrogens (tertiary/aromatic N) is 2. The van der Waals surface area contributed by atoms with Gasteiger partial charge in [-0.15, -0.1) is 0 Å². The number of hydrogen-bond acceptors (Lipinski definition) is 5. The molecule has 2 aliphatic rings. The van der Waals surface area contributed by atoms with Gasteiger partial charge in [-0.25, -0.2) is 18.1 Å². The van der Waals surface area contributed by atoms with Gasteiger partial charge in [-0.1, -0.05) is 60.7 Å². The molecule has 0 aromatic heterocycles. The maximum atomic E-state index is 13.6. The van der Waals surface area contributed by atoms with Gasteiger partial charge in [0.05, 0.1) is 18.2 Å². The lowest BCUT2D eigenvalue weighted by atomic mass is 9.83. The van der Waals surface area contributed by atoms with E-state index < -0.39 is 21.4 Å². The first-order valence-corrected chi connectivity index (χ1v) is 11.8. The first-order chi connectivity index (χ1) is 14.3. The Morgan fingerprint density at radius 2 is 1.70 bits per heavy atom. The Morgan fingerprint density at radius 3 is 2.30 bits per heavy atom. The van der Waals surface area contributed by atoms with Crippen LogP contribution in [0, 0.1) is 0 Å². The second-order valence-electron chi connectivity index (χ2n) is 8.05. The normalized spacial score (nSPS) is 25.7. The Labute approximate surface area is 176 Å². The molecule has 158 valence electrons. The van der Waals surface area contributed by atoms with Gasteiger partial charge in [-0.05, 0) is 24.6 Å².